The third-order valence-corrected chi connectivity index (χ3v) is 5.08. The first-order valence-corrected chi connectivity index (χ1v) is 6.85. The van der Waals surface area contributed by atoms with E-state index in [1.807, 2.05) is 12.1 Å². The molecule has 2 rings (SSSR count). The van der Waals surface area contributed by atoms with Crippen molar-refractivity contribution in [2.24, 2.45) is 5.92 Å². The van der Waals surface area contributed by atoms with Crippen LogP contribution in [0, 0.1) is 5.92 Å². The highest BCUT2D eigenvalue weighted by atomic mass is 79.9. The Labute approximate surface area is 107 Å². The summed E-state index contributed by atoms with van der Waals surface area (Å²) >= 11 is 5.01. The summed E-state index contributed by atoms with van der Waals surface area (Å²) < 4.78 is 0.941. The van der Waals surface area contributed by atoms with Gasteiger partial charge < -0.3 is 5.11 Å². The minimum atomic E-state index is -0.679. The summed E-state index contributed by atoms with van der Waals surface area (Å²) in [6.07, 6.45) is 4.49. The number of thioether (sulfide) groups is 1. The molecule has 86 valence electrons. The average Bonchev–Trinajstić information content (AvgIpc) is 2.69. The Kier molecular flexibility index (Phi) is 3.86. The minimum absolute atomic E-state index is 0.156. The number of carboxylic acids is 1. The topological polar surface area (TPSA) is 50.2 Å². The van der Waals surface area contributed by atoms with Crippen LogP contribution in [-0.4, -0.2) is 21.3 Å². The Bertz CT molecular complexity index is 399. The van der Waals surface area contributed by atoms with Gasteiger partial charge in [-0.05, 0) is 40.9 Å². The molecule has 5 heteroatoms. The van der Waals surface area contributed by atoms with Crippen molar-refractivity contribution in [2.45, 2.75) is 29.5 Å². The quantitative estimate of drug-likeness (QED) is 0.931. The first-order valence-electron chi connectivity index (χ1n) is 5.18. The molecule has 1 aromatic rings. The van der Waals surface area contributed by atoms with Gasteiger partial charge in [0.2, 0.25) is 0 Å². The predicted octanol–water partition coefficient (Wildman–Crippen LogP) is 3.19. The summed E-state index contributed by atoms with van der Waals surface area (Å²) in [6.45, 7) is 0. The van der Waals surface area contributed by atoms with Crippen molar-refractivity contribution >= 4 is 33.7 Å². The highest BCUT2D eigenvalue weighted by molar-refractivity contribution is 9.10. The van der Waals surface area contributed by atoms with Crippen LogP contribution in [0.3, 0.4) is 0 Å². The zero-order chi connectivity index (χ0) is 11.5. The van der Waals surface area contributed by atoms with E-state index in [9.17, 15) is 4.79 Å². The van der Waals surface area contributed by atoms with Crippen molar-refractivity contribution < 1.29 is 9.90 Å². The molecule has 0 radical (unpaired) electrons. The fraction of sp³-hybridized carbons (Fsp3) is 0.455. The molecule has 0 saturated heterocycles. The molecule has 1 aliphatic rings. The van der Waals surface area contributed by atoms with Gasteiger partial charge in [-0.2, -0.15) is 0 Å². The van der Waals surface area contributed by atoms with Crippen LogP contribution < -0.4 is 0 Å². The van der Waals surface area contributed by atoms with Gasteiger partial charge in [0.1, 0.15) is 5.03 Å². The number of pyridine rings is 1. The Balaban J connectivity index is 2.10. The van der Waals surface area contributed by atoms with E-state index in [0.717, 1.165) is 28.8 Å². The van der Waals surface area contributed by atoms with E-state index in [-0.39, 0.29) is 11.2 Å². The maximum atomic E-state index is 11.0. The maximum Gasteiger partial charge on any atom is 0.307 e. The van der Waals surface area contributed by atoms with Crippen molar-refractivity contribution in [1.29, 1.82) is 0 Å². The molecule has 0 aromatic carbocycles. The molecule has 1 N–H and O–H groups in total. The van der Waals surface area contributed by atoms with Gasteiger partial charge in [0.15, 0.2) is 0 Å². The second-order valence-electron chi connectivity index (χ2n) is 3.82. The van der Waals surface area contributed by atoms with Crippen LogP contribution in [-0.2, 0) is 4.79 Å². The van der Waals surface area contributed by atoms with Crippen LogP contribution in [0.5, 0.6) is 0 Å². The summed E-state index contributed by atoms with van der Waals surface area (Å²) in [5.74, 6) is -0.902. The summed E-state index contributed by atoms with van der Waals surface area (Å²) in [5, 5.41) is 10.1. The molecule has 1 fully saturated rings. The van der Waals surface area contributed by atoms with Crippen LogP contribution in [0.4, 0.5) is 0 Å². The van der Waals surface area contributed by atoms with E-state index in [0.29, 0.717) is 0 Å². The van der Waals surface area contributed by atoms with Crippen molar-refractivity contribution in [3.63, 3.8) is 0 Å². The fourth-order valence-corrected chi connectivity index (χ4v) is 3.78. The van der Waals surface area contributed by atoms with Crippen LogP contribution in [0.1, 0.15) is 19.3 Å². The molecule has 16 heavy (non-hydrogen) atoms. The molecule has 3 nitrogen and oxygen atoms in total. The van der Waals surface area contributed by atoms with E-state index in [1.54, 1.807) is 18.0 Å². The van der Waals surface area contributed by atoms with Gasteiger partial charge in [-0.3, -0.25) is 4.79 Å². The van der Waals surface area contributed by atoms with Gasteiger partial charge in [-0.15, -0.1) is 11.8 Å². The molecular formula is C11H12BrNO2S. The Morgan fingerprint density at radius 3 is 3.06 bits per heavy atom. The first kappa shape index (κ1) is 11.9. The second kappa shape index (κ2) is 5.19. The molecule has 0 spiro atoms. The monoisotopic (exact) mass is 301 g/mol. The molecule has 0 aliphatic heterocycles. The van der Waals surface area contributed by atoms with Gasteiger partial charge in [-0.25, -0.2) is 4.98 Å². The average molecular weight is 302 g/mol. The zero-order valence-electron chi connectivity index (χ0n) is 8.60. The van der Waals surface area contributed by atoms with Crippen LogP contribution >= 0.6 is 27.7 Å². The second-order valence-corrected chi connectivity index (χ2v) is 5.90. The first-order chi connectivity index (χ1) is 7.68. The Hall–Kier alpha value is -0.550. The molecule has 1 aliphatic carbocycles. The number of nitrogens with zero attached hydrogens (tertiary/aromatic N) is 1. The minimum Gasteiger partial charge on any atom is -0.481 e. The number of aliphatic carboxylic acids is 1. The molecular weight excluding hydrogens is 290 g/mol. The molecule has 1 aromatic heterocycles. The van der Waals surface area contributed by atoms with E-state index < -0.39 is 5.97 Å². The molecule has 0 bridgehead atoms. The van der Waals surface area contributed by atoms with E-state index in [2.05, 4.69) is 20.9 Å². The van der Waals surface area contributed by atoms with Gasteiger partial charge in [-0.1, -0.05) is 6.42 Å². The summed E-state index contributed by atoms with van der Waals surface area (Å²) in [6, 6.07) is 3.79. The molecule has 0 amide bonds. The number of halogens is 1. The lowest BCUT2D eigenvalue weighted by molar-refractivity contribution is -0.141. The lowest BCUT2D eigenvalue weighted by Gasteiger charge is -2.14. The predicted molar refractivity (Wildman–Crippen MR) is 66.6 cm³/mol. The van der Waals surface area contributed by atoms with Gasteiger partial charge >= 0.3 is 5.97 Å². The maximum absolute atomic E-state index is 11.0. The summed E-state index contributed by atoms with van der Waals surface area (Å²) in [7, 11) is 0. The smallest absolute Gasteiger partial charge is 0.307 e. The Morgan fingerprint density at radius 2 is 2.38 bits per heavy atom. The summed E-state index contributed by atoms with van der Waals surface area (Å²) in [4.78, 5) is 15.3. The highest BCUT2D eigenvalue weighted by Gasteiger charge is 2.34. The van der Waals surface area contributed by atoms with Crippen LogP contribution in [0.2, 0.25) is 0 Å². The summed E-state index contributed by atoms with van der Waals surface area (Å²) in [5.41, 5.74) is 0. The largest absolute Gasteiger partial charge is 0.481 e. The number of rotatable bonds is 3. The number of hydrogen-bond donors (Lipinski definition) is 1. The van der Waals surface area contributed by atoms with E-state index >= 15 is 0 Å². The zero-order valence-corrected chi connectivity index (χ0v) is 11.0. The van der Waals surface area contributed by atoms with Crippen LogP contribution in [0.25, 0.3) is 0 Å². The number of carbonyl (C=O) groups is 1. The number of carboxylic acid groups (broad SMARTS) is 1. The molecule has 2 atom stereocenters. The van der Waals surface area contributed by atoms with Crippen molar-refractivity contribution in [2.75, 3.05) is 0 Å². The van der Waals surface area contributed by atoms with Crippen molar-refractivity contribution in [3.05, 3.63) is 22.8 Å². The standard InChI is InChI=1S/C11H12BrNO2S/c12-8-4-2-6-13-10(8)16-9-5-1-3-7(9)11(14)15/h2,4,6-7,9H,1,3,5H2,(H,14,15). The van der Waals surface area contributed by atoms with Crippen LogP contribution in [0.15, 0.2) is 27.8 Å². The van der Waals surface area contributed by atoms with E-state index in [4.69, 9.17) is 5.11 Å². The molecule has 1 saturated carbocycles. The van der Waals surface area contributed by atoms with Gasteiger partial charge in [0.05, 0.1) is 5.92 Å². The van der Waals surface area contributed by atoms with Gasteiger partial charge in [0.25, 0.3) is 0 Å². The normalized spacial score (nSPS) is 24.6. The van der Waals surface area contributed by atoms with Crippen molar-refractivity contribution in [1.82, 2.24) is 4.98 Å². The molecule has 2 unspecified atom stereocenters. The number of aromatic nitrogens is 1. The van der Waals surface area contributed by atoms with Gasteiger partial charge in [0, 0.05) is 15.9 Å². The van der Waals surface area contributed by atoms with E-state index in [1.165, 1.54) is 0 Å². The van der Waals surface area contributed by atoms with Crippen molar-refractivity contribution in [3.8, 4) is 0 Å². The SMILES string of the molecule is O=C(O)C1CCCC1Sc1ncccc1Br. The number of hydrogen-bond acceptors (Lipinski definition) is 3. The lowest BCUT2D eigenvalue weighted by atomic mass is 10.1. The third kappa shape index (κ3) is 2.58. The highest BCUT2D eigenvalue weighted by Crippen LogP contribution is 2.40. The third-order valence-electron chi connectivity index (χ3n) is 2.76. The fourth-order valence-electron chi connectivity index (χ4n) is 1.95. The Morgan fingerprint density at radius 1 is 1.56 bits per heavy atom. The molecule has 1 heterocycles. The lowest BCUT2D eigenvalue weighted by Crippen LogP contribution is -2.20.